The molecule has 10 rings (SSSR count). The zero-order valence-electron chi connectivity index (χ0n) is 52.1. The monoisotopic (exact) mass is 1310 g/mol. The van der Waals surface area contributed by atoms with Crippen molar-refractivity contribution in [3.05, 3.63) is 253 Å². The minimum Gasteiger partial charge on any atom is -0.490 e. The molecular formula is C72H74N6O18. The van der Waals surface area contributed by atoms with Crippen molar-refractivity contribution in [2.75, 3.05) is 78.7 Å². The number of carboxylic acid groups (broad SMARTS) is 6. The number of fused-ring (bicyclic) bond motifs is 2. The van der Waals surface area contributed by atoms with Gasteiger partial charge in [-0.25, -0.2) is 28.8 Å². The minimum absolute atomic E-state index is 0.125. The van der Waals surface area contributed by atoms with E-state index >= 15 is 0 Å². The van der Waals surface area contributed by atoms with E-state index in [9.17, 15) is 48.6 Å². The summed E-state index contributed by atoms with van der Waals surface area (Å²) in [5.74, 6) is -6.47. The number of hydrogen-bond donors (Lipinski definition) is 8. The molecule has 24 nitrogen and oxygen atoms in total. The summed E-state index contributed by atoms with van der Waals surface area (Å²) in [6.45, 7) is 6.85. The van der Waals surface area contributed by atoms with Gasteiger partial charge in [0.2, 0.25) is 11.8 Å². The molecule has 0 bridgehead atoms. The Morgan fingerprint density at radius 3 is 0.885 bits per heavy atom. The van der Waals surface area contributed by atoms with Gasteiger partial charge in [-0.15, -0.1) is 0 Å². The molecule has 2 aliphatic heterocycles. The first-order chi connectivity index (χ1) is 46.3. The van der Waals surface area contributed by atoms with E-state index in [0.717, 1.165) is 81.7 Å². The lowest BCUT2D eigenvalue weighted by Gasteiger charge is -2.37. The molecule has 2 atom stereocenters. The number of aliphatic carboxylic acids is 6. The quantitative estimate of drug-likeness (QED) is 0.0315. The Labute approximate surface area is 552 Å². The van der Waals surface area contributed by atoms with Gasteiger partial charge in [-0.1, -0.05) is 133 Å². The lowest BCUT2D eigenvalue weighted by Crippen LogP contribution is -2.52. The number of nitrogens with zero attached hydrogens (tertiary/aromatic N) is 6. The number of carboxylic acids is 6. The molecule has 500 valence electrons. The molecule has 2 aliphatic rings. The van der Waals surface area contributed by atoms with Crippen molar-refractivity contribution in [1.82, 2.24) is 29.6 Å². The van der Waals surface area contributed by atoms with Gasteiger partial charge >= 0.3 is 35.8 Å². The van der Waals surface area contributed by atoms with Gasteiger partial charge in [0.1, 0.15) is 36.9 Å². The molecule has 4 heterocycles. The molecule has 2 saturated heterocycles. The molecule has 0 spiro atoms. The fourth-order valence-electron chi connectivity index (χ4n) is 10.1. The maximum Gasteiger partial charge on any atom is 0.328 e. The van der Waals surface area contributed by atoms with Gasteiger partial charge in [0.05, 0.1) is 22.9 Å². The molecule has 96 heavy (non-hydrogen) atoms. The predicted molar refractivity (Wildman–Crippen MR) is 355 cm³/mol. The summed E-state index contributed by atoms with van der Waals surface area (Å²) < 4.78 is 11.9. The molecule has 2 aromatic heterocycles. The van der Waals surface area contributed by atoms with Crippen LogP contribution in [0.15, 0.2) is 231 Å². The van der Waals surface area contributed by atoms with Crippen LogP contribution in [-0.4, -0.2) is 209 Å². The Balaban J connectivity index is 0.000000227. The fraction of sp³-hybridized carbons (Fsp3) is 0.222. The Morgan fingerprint density at radius 2 is 0.625 bits per heavy atom. The Kier molecular flexibility index (Phi) is 30.0. The third-order valence-corrected chi connectivity index (χ3v) is 14.5. The Morgan fingerprint density at radius 1 is 0.354 bits per heavy atom. The summed E-state index contributed by atoms with van der Waals surface area (Å²) in [6.07, 6.45) is 5.61. The summed E-state index contributed by atoms with van der Waals surface area (Å²) in [5.41, 5.74) is 5.77. The van der Waals surface area contributed by atoms with Crippen LogP contribution in [0, 0.1) is 0 Å². The molecule has 2 unspecified atom stereocenters. The van der Waals surface area contributed by atoms with Crippen molar-refractivity contribution in [2.24, 2.45) is 0 Å². The maximum absolute atomic E-state index is 13.6. The van der Waals surface area contributed by atoms with Gasteiger partial charge in [0.15, 0.2) is 0 Å². The number of β-amino-alcohol motifs (C(OH)–C–C–N with tert-alkyl or cyclic N) is 2. The summed E-state index contributed by atoms with van der Waals surface area (Å²) in [5, 5.41) is 70.0. The SMILES string of the molecule is O=C(C(c1ccccc1)c1ccccc1)N1CCN(CC(O)COc2cccc3ncccc23)CC1.O=C(C(c1ccccc1)c1ccccc1)N1CCN(CC(O)COc2cccc3ncccc23)CC1.O=C(O)C=CC(=O)O.O=C(O)C=CC(=O)O.O=C(O)C=CC(=O)O. The molecular weight excluding hydrogens is 1240 g/mol. The first-order valence-corrected chi connectivity index (χ1v) is 30.2. The summed E-state index contributed by atoms with van der Waals surface area (Å²) in [4.78, 5) is 102. The van der Waals surface area contributed by atoms with Crippen LogP contribution in [-0.2, 0) is 38.4 Å². The van der Waals surface area contributed by atoms with Gasteiger partial charge in [-0.2, -0.15) is 0 Å². The first-order valence-electron chi connectivity index (χ1n) is 30.2. The number of pyridine rings is 2. The topological polar surface area (TPSA) is 356 Å². The van der Waals surface area contributed by atoms with Gasteiger partial charge < -0.3 is 60.1 Å². The van der Waals surface area contributed by atoms with Crippen LogP contribution in [0.3, 0.4) is 0 Å². The lowest BCUT2D eigenvalue weighted by atomic mass is 9.90. The normalized spacial score (nSPS) is 13.8. The second-order valence-electron chi connectivity index (χ2n) is 21.4. The fourth-order valence-corrected chi connectivity index (χ4v) is 10.1. The first kappa shape index (κ1) is 73.6. The van der Waals surface area contributed by atoms with Crippen LogP contribution in [0.5, 0.6) is 11.5 Å². The van der Waals surface area contributed by atoms with E-state index in [-0.39, 0.29) is 36.9 Å². The molecule has 8 N–H and O–H groups in total. The second kappa shape index (κ2) is 39.2. The van der Waals surface area contributed by atoms with Crippen molar-refractivity contribution < 1.29 is 88.7 Å². The number of carbonyl (C=O) groups is 8. The molecule has 2 amide bonds. The van der Waals surface area contributed by atoms with Crippen LogP contribution in [0.25, 0.3) is 21.8 Å². The average Bonchev–Trinajstić information content (AvgIpc) is 0.871. The number of hydrogen-bond acceptors (Lipinski definition) is 16. The van der Waals surface area contributed by atoms with Crippen LogP contribution in [0.1, 0.15) is 34.1 Å². The number of aliphatic hydroxyl groups excluding tert-OH is 2. The molecule has 6 aromatic carbocycles. The van der Waals surface area contributed by atoms with Crippen molar-refractivity contribution in [3.63, 3.8) is 0 Å². The zero-order chi connectivity index (χ0) is 69.2. The number of amides is 2. The number of ether oxygens (including phenoxy) is 2. The molecule has 24 heteroatoms. The lowest BCUT2D eigenvalue weighted by molar-refractivity contribution is -0.134. The van der Waals surface area contributed by atoms with Crippen LogP contribution in [0.2, 0.25) is 0 Å². The van der Waals surface area contributed by atoms with Gasteiger partial charge in [-0.3, -0.25) is 29.4 Å². The number of piperazine rings is 2. The van der Waals surface area contributed by atoms with Crippen molar-refractivity contribution in [1.29, 1.82) is 0 Å². The number of aromatic nitrogens is 2. The second-order valence-corrected chi connectivity index (χ2v) is 21.4. The van der Waals surface area contributed by atoms with E-state index in [2.05, 4.69) is 19.8 Å². The average molecular weight is 1310 g/mol. The highest BCUT2D eigenvalue weighted by atomic mass is 16.5. The van der Waals surface area contributed by atoms with E-state index in [4.69, 9.17) is 40.1 Å². The van der Waals surface area contributed by atoms with E-state index in [0.29, 0.717) is 75.7 Å². The molecule has 2 fully saturated rings. The van der Waals surface area contributed by atoms with Crippen LogP contribution >= 0.6 is 0 Å². The summed E-state index contributed by atoms with van der Waals surface area (Å²) in [7, 11) is 0. The van der Waals surface area contributed by atoms with Crippen LogP contribution < -0.4 is 9.47 Å². The highest BCUT2D eigenvalue weighted by Gasteiger charge is 2.32. The van der Waals surface area contributed by atoms with Crippen LogP contribution in [0.4, 0.5) is 0 Å². The zero-order valence-corrected chi connectivity index (χ0v) is 52.1. The van der Waals surface area contributed by atoms with Crippen molar-refractivity contribution in [2.45, 2.75) is 24.0 Å². The van der Waals surface area contributed by atoms with E-state index < -0.39 is 48.0 Å². The summed E-state index contributed by atoms with van der Waals surface area (Å²) in [6, 6.07) is 59.1. The third kappa shape index (κ3) is 25.2. The maximum atomic E-state index is 13.6. The van der Waals surface area contributed by atoms with Gasteiger partial charge in [-0.05, 0) is 70.8 Å². The predicted octanol–water partition coefficient (Wildman–Crippen LogP) is 7.04. The van der Waals surface area contributed by atoms with E-state index in [1.807, 2.05) is 192 Å². The number of aliphatic hydroxyl groups is 2. The number of rotatable bonds is 22. The summed E-state index contributed by atoms with van der Waals surface area (Å²) >= 11 is 0. The molecule has 0 aliphatic carbocycles. The number of carbonyl (C=O) groups excluding carboxylic acids is 2. The smallest absolute Gasteiger partial charge is 0.328 e. The highest BCUT2D eigenvalue weighted by molar-refractivity contribution is 5.92. The largest absolute Gasteiger partial charge is 0.490 e. The molecule has 0 saturated carbocycles. The standard InChI is InChI=1S/2C30H31N3O3.3C4H4O4/c2*34-25(22-36-28-15-7-14-27-26(28)13-8-16-31-27)21-32-17-19-33(20-18-32)30(35)29(23-9-3-1-4-10-23)24-11-5-2-6-12-24;3*5-3(6)1-2-4(7)8/h2*1-16,25,29,34H,17-22H2;3*1-2H,(H,5,6)(H,7,8). The van der Waals surface area contributed by atoms with Crippen molar-refractivity contribution >= 4 is 69.4 Å². The van der Waals surface area contributed by atoms with Gasteiger partial charge in [0.25, 0.3) is 0 Å². The minimum atomic E-state index is -1.26. The molecule has 0 radical (unpaired) electrons. The van der Waals surface area contributed by atoms with Gasteiger partial charge in [0, 0.05) is 125 Å². The number of benzene rings is 6. The van der Waals surface area contributed by atoms with E-state index in [1.54, 1.807) is 12.4 Å². The van der Waals surface area contributed by atoms with E-state index in [1.165, 1.54) is 0 Å². The molecule has 8 aromatic rings. The Bertz CT molecular complexity index is 3480. The highest BCUT2D eigenvalue weighted by Crippen LogP contribution is 2.30. The van der Waals surface area contributed by atoms with Crippen molar-refractivity contribution in [3.8, 4) is 11.5 Å². The third-order valence-electron chi connectivity index (χ3n) is 14.5. The Hall–Kier alpha value is -11.4.